The average molecular weight is 340 g/mol. The molecule has 0 aliphatic heterocycles. The predicted molar refractivity (Wildman–Crippen MR) is 64.1 cm³/mol. The molecule has 5 nitrogen and oxygen atoms in total. The minimum atomic E-state index is -0.477. The van der Waals surface area contributed by atoms with Gasteiger partial charge >= 0.3 is 0 Å². The Kier molecular flexibility index (Phi) is 4.49. The summed E-state index contributed by atoms with van der Waals surface area (Å²) in [6.07, 6.45) is 0. The van der Waals surface area contributed by atoms with Crippen molar-refractivity contribution in [2.24, 2.45) is 0 Å². The van der Waals surface area contributed by atoms with E-state index in [9.17, 15) is 10.1 Å². The molecule has 1 rings (SSSR count). The molecule has 0 radical (unpaired) electrons. The molecule has 0 unspecified atom stereocenters. The second-order valence-corrected chi connectivity index (χ2v) is 4.46. The Bertz CT molecular complexity index is 384. The third-order valence-corrected chi connectivity index (χ3v) is 2.73. The maximum Gasteiger partial charge on any atom is 0.294 e. The SMILES string of the molecule is O=[N+]([O-])c1cc(Br)cc(Br)c1NCCO. The van der Waals surface area contributed by atoms with Crippen molar-refractivity contribution in [3.63, 3.8) is 0 Å². The summed E-state index contributed by atoms with van der Waals surface area (Å²) in [7, 11) is 0. The zero-order valence-electron chi connectivity index (χ0n) is 7.54. The molecule has 2 N–H and O–H groups in total. The largest absolute Gasteiger partial charge is 0.395 e. The summed E-state index contributed by atoms with van der Waals surface area (Å²) in [4.78, 5) is 10.3. The van der Waals surface area contributed by atoms with Gasteiger partial charge in [-0.2, -0.15) is 0 Å². The summed E-state index contributed by atoms with van der Waals surface area (Å²) in [6.45, 7) is 0.181. The van der Waals surface area contributed by atoms with Crippen LogP contribution in [0.25, 0.3) is 0 Å². The fourth-order valence-electron chi connectivity index (χ4n) is 1.06. The minimum absolute atomic E-state index is 0.0373. The maximum atomic E-state index is 10.8. The average Bonchev–Trinajstić information content (AvgIpc) is 2.15. The van der Waals surface area contributed by atoms with Crippen LogP contribution in [0.15, 0.2) is 21.1 Å². The second-order valence-electron chi connectivity index (χ2n) is 2.69. The van der Waals surface area contributed by atoms with E-state index in [0.717, 1.165) is 0 Å². The summed E-state index contributed by atoms with van der Waals surface area (Å²) in [5, 5.41) is 22.2. The molecule has 1 aromatic rings. The first-order chi connectivity index (χ1) is 7.06. The lowest BCUT2D eigenvalue weighted by molar-refractivity contribution is -0.384. The molecular weight excluding hydrogens is 332 g/mol. The van der Waals surface area contributed by atoms with E-state index in [1.165, 1.54) is 6.07 Å². The fraction of sp³-hybridized carbons (Fsp3) is 0.250. The number of nitrogens with one attached hydrogen (secondary N) is 1. The molecule has 1 aromatic carbocycles. The van der Waals surface area contributed by atoms with E-state index in [0.29, 0.717) is 14.6 Å². The minimum Gasteiger partial charge on any atom is -0.395 e. The molecule has 0 bridgehead atoms. The van der Waals surface area contributed by atoms with Crippen LogP contribution in [0, 0.1) is 10.1 Å². The lowest BCUT2D eigenvalue weighted by Gasteiger charge is -2.08. The third-order valence-electron chi connectivity index (χ3n) is 1.64. The number of aliphatic hydroxyl groups excluding tert-OH is 1. The third kappa shape index (κ3) is 3.15. The Balaban J connectivity index is 3.15. The standard InChI is InChI=1S/C8H8Br2N2O3/c9-5-3-6(10)8(11-1-2-13)7(4-5)12(14)15/h3-4,11,13H,1-2H2. The van der Waals surface area contributed by atoms with Crippen LogP contribution in [0.3, 0.4) is 0 Å². The Hall–Kier alpha value is -0.660. The summed E-state index contributed by atoms with van der Waals surface area (Å²) in [5.41, 5.74) is 0.335. The van der Waals surface area contributed by atoms with Crippen LogP contribution in [0.4, 0.5) is 11.4 Å². The molecule has 0 heterocycles. The first kappa shape index (κ1) is 12.4. The Morgan fingerprint density at radius 3 is 2.67 bits per heavy atom. The topological polar surface area (TPSA) is 75.4 Å². The smallest absolute Gasteiger partial charge is 0.294 e. The lowest BCUT2D eigenvalue weighted by Crippen LogP contribution is -2.08. The van der Waals surface area contributed by atoms with Gasteiger partial charge in [0.25, 0.3) is 5.69 Å². The monoisotopic (exact) mass is 338 g/mol. The molecule has 0 aliphatic carbocycles. The van der Waals surface area contributed by atoms with Crippen molar-refractivity contribution in [1.82, 2.24) is 0 Å². The molecular formula is C8H8Br2N2O3. The van der Waals surface area contributed by atoms with Gasteiger partial charge in [-0.25, -0.2) is 0 Å². The van der Waals surface area contributed by atoms with Crippen molar-refractivity contribution in [3.05, 3.63) is 31.2 Å². The molecule has 0 fully saturated rings. The summed E-state index contributed by atoms with van der Waals surface area (Å²) >= 11 is 6.39. The van der Waals surface area contributed by atoms with E-state index in [2.05, 4.69) is 37.2 Å². The molecule has 82 valence electrons. The molecule has 0 atom stereocenters. The van der Waals surface area contributed by atoms with Crippen molar-refractivity contribution < 1.29 is 10.0 Å². The zero-order chi connectivity index (χ0) is 11.4. The van der Waals surface area contributed by atoms with Gasteiger partial charge in [0.1, 0.15) is 5.69 Å². The van der Waals surface area contributed by atoms with Gasteiger partial charge in [0, 0.05) is 21.6 Å². The van der Waals surface area contributed by atoms with Gasteiger partial charge in [-0.3, -0.25) is 10.1 Å². The highest BCUT2D eigenvalue weighted by atomic mass is 79.9. The number of halogens is 2. The van der Waals surface area contributed by atoms with Gasteiger partial charge in [0.2, 0.25) is 0 Å². The molecule has 0 saturated heterocycles. The van der Waals surface area contributed by atoms with Gasteiger partial charge in [-0.15, -0.1) is 0 Å². The van der Waals surface area contributed by atoms with Gasteiger partial charge in [0.05, 0.1) is 11.5 Å². The molecule has 0 saturated carbocycles. The Morgan fingerprint density at radius 2 is 2.13 bits per heavy atom. The highest BCUT2D eigenvalue weighted by Crippen LogP contribution is 2.35. The van der Waals surface area contributed by atoms with Crippen molar-refractivity contribution in [2.75, 3.05) is 18.5 Å². The molecule has 0 aliphatic rings. The van der Waals surface area contributed by atoms with Crippen LogP contribution in [0.5, 0.6) is 0 Å². The van der Waals surface area contributed by atoms with Crippen LogP contribution in [-0.2, 0) is 0 Å². The highest BCUT2D eigenvalue weighted by molar-refractivity contribution is 9.11. The molecule has 0 spiro atoms. The number of nitro benzene ring substituents is 1. The number of rotatable bonds is 4. The number of nitro groups is 1. The maximum absolute atomic E-state index is 10.8. The van der Waals surface area contributed by atoms with Crippen LogP contribution >= 0.6 is 31.9 Å². The number of anilines is 1. The van der Waals surface area contributed by atoms with Crippen molar-refractivity contribution >= 4 is 43.2 Å². The van der Waals surface area contributed by atoms with Crippen molar-refractivity contribution in [3.8, 4) is 0 Å². The van der Waals surface area contributed by atoms with E-state index in [1.54, 1.807) is 6.07 Å². The molecule has 7 heteroatoms. The van der Waals surface area contributed by atoms with E-state index in [1.807, 2.05) is 0 Å². The fourth-order valence-corrected chi connectivity index (χ4v) is 2.40. The first-order valence-corrected chi connectivity index (χ1v) is 5.63. The lowest BCUT2D eigenvalue weighted by atomic mass is 10.2. The number of aliphatic hydroxyl groups is 1. The van der Waals surface area contributed by atoms with E-state index >= 15 is 0 Å². The second kappa shape index (κ2) is 5.43. The number of hydrogen-bond acceptors (Lipinski definition) is 4. The first-order valence-electron chi connectivity index (χ1n) is 4.04. The Labute approximate surface area is 103 Å². The van der Waals surface area contributed by atoms with Gasteiger partial charge < -0.3 is 10.4 Å². The predicted octanol–water partition coefficient (Wildman–Crippen LogP) is 2.52. The summed E-state index contributed by atoms with van der Waals surface area (Å²) in [6, 6.07) is 3.11. The van der Waals surface area contributed by atoms with Crippen molar-refractivity contribution in [1.29, 1.82) is 0 Å². The van der Waals surface area contributed by atoms with Crippen LogP contribution in [0.1, 0.15) is 0 Å². The van der Waals surface area contributed by atoms with Crippen molar-refractivity contribution in [2.45, 2.75) is 0 Å². The van der Waals surface area contributed by atoms with Gasteiger partial charge in [-0.1, -0.05) is 15.9 Å². The highest BCUT2D eigenvalue weighted by Gasteiger charge is 2.17. The normalized spacial score (nSPS) is 10.1. The van der Waals surface area contributed by atoms with Crippen LogP contribution in [-0.4, -0.2) is 23.2 Å². The van der Waals surface area contributed by atoms with E-state index in [4.69, 9.17) is 5.11 Å². The molecule has 0 amide bonds. The Morgan fingerprint density at radius 1 is 1.47 bits per heavy atom. The number of benzene rings is 1. The summed E-state index contributed by atoms with van der Waals surface area (Å²) < 4.78 is 1.20. The zero-order valence-corrected chi connectivity index (χ0v) is 10.7. The van der Waals surface area contributed by atoms with Crippen LogP contribution in [0.2, 0.25) is 0 Å². The molecule has 0 aromatic heterocycles. The summed E-state index contributed by atoms with van der Waals surface area (Å²) in [5.74, 6) is 0. The van der Waals surface area contributed by atoms with Crippen LogP contribution < -0.4 is 5.32 Å². The van der Waals surface area contributed by atoms with E-state index < -0.39 is 4.92 Å². The van der Waals surface area contributed by atoms with E-state index in [-0.39, 0.29) is 18.8 Å². The quantitative estimate of drug-likeness (QED) is 0.653. The van der Waals surface area contributed by atoms with Gasteiger partial charge in [0.15, 0.2) is 0 Å². The van der Waals surface area contributed by atoms with Gasteiger partial charge in [-0.05, 0) is 22.0 Å². The number of nitrogens with zero attached hydrogens (tertiary/aromatic N) is 1. The number of hydrogen-bond donors (Lipinski definition) is 2. The molecule has 15 heavy (non-hydrogen) atoms.